The zero-order chi connectivity index (χ0) is 11.5. The minimum atomic E-state index is 0.117. The third-order valence-corrected chi connectivity index (χ3v) is 4.33. The molecule has 0 aromatic rings. The molecule has 2 saturated carbocycles. The fourth-order valence-corrected chi connectivity index (χ4v) is 2.60. The van der Waals surface area contributed by atoms with Crippen molar-refractivity contribution in [3.63, 3.8) is 0 Å². The molecule has 0 aliphatic heterocycles. The molecule has 1 unspecified atom stereocenters. The molecule has 2 aliphatic rings. The Labute approximate surface area is 99.2 Å². The summed E-state index contributed by atoms with van der Waals surface area (Å²) in [5.74, 6) is 2.14. The van der Waals surface area contributed by atoms with Gasteiger partial charge in [-0.15, -0.1) is 0 Å². The summed E-state index contributed by atoms with van der Waals surface area (Å²) in [4.78, 5) is 12.2. The van der Waals surface area contributed by atoms with Gasteiger partial charge in [-0.1, -0.05) is 26.7 Å². The number of ketones is 1. The molecule has 2 fully saturated rings. The van der Waals surface area contributed by atoms with Crippen LogP contribution in [0.4, 0.5) is 0 Å². The summed E-state index contributed by atoms with van der Waals surface area (Å²) >= 11 is 0. The Kier molecular flexibility index (Phi) is 4.01. The topological polar surface area (TPSA) is 29.1 Å². The zero-order valence-electron chi connectivity index (χ0n) is 10.7. The van der Waals surface area contributed by atoms with Crippen molar-refractivity contribution in [2.75, 3.05) is 6.54 Å². The first-order valence-electron chi connectivity index (χ1n) is 6.95. The molecule has 92 valence electrons. The first-order valence-corrected chi connectivity index (χ1v) is 6.95. The molecule has 1 N–H and O–H groups in total. The van der Waals surface area contributed by atoms with Gasteiger partial charge in [-0.25, -0.2) is 0 Å². The van der Waals surface area contributed by atoms with Crippen molar-refractivity contribution in [3.05, 3.63) is 0 Å². The van der Waals surface area contributed by atoms with Gasteiger partial charge in [0.1, 0.15) is 0 Å². The molecule has 0 amide bonds. The number of rotatable bonds is 6. The van der Waals surface area contributed by atoms with E-state index in [9.17, 15) is 4.79 Å². The molecule has 0 radical (unpaired) electrons. The maximum atomic E-state index is 12.2. The molecular formula is C14H25NO. The maximum absolute atomic E-state index is 12.2. The molecule has 0 saturated heterocycles. The number of hydrogen-bond acceptors (Lipinski definition) is 2. The summed E-state index contributed by atoms with van der Waals surface area (Å²) in [7, 11) is 0. The molecule has 0 bridgehead atoms. The average molecular weight is 223 g/mol. The minimum absolute atomic E-state index is 0.117. The van der Waals surface area contributed by atoms with Crippen molar-refractivity contribution in [2.24, 2.45) is 17.8 Å². The van der Waals surface area contributed by atoms with E-state index in [-0.39, 0.29) is 6.04 Å². The Morgan fingerprint density at radius 3 is 2.19 bits per heavy atom. The minimum Gasteiger partial charge on any atom is -0.307 e. The smallest absolute Gasteiger partial charge is 0.153 e. The van der Waals surface area contributed by atoms with Gasteiger partial charge in [-0.2, -0.15) is 0 Å². The van der Waals surface area contributed by atoms with Gasteiger partial charge in [0, 0.05) is 5.92 Å². The largest absolute Gasteiger partial charge is 0.307 e. The van der Waals surface area contributed by atoms with Crippen LogP contribution in [0.3, 0.4) is 0 Å². The van der Waals surface area contributed by atoms with E-state index in [0.29, 0.717) is 17.6 Å². The Hall–Kier alpha value is -0.370. The lowest BCUT2D eigenvalue weighted by atomic mass is 9.77. The van der Waals surface area contributed by atoms with Gasteiger partial charge in [0.15, 0.2) is 5.78 Å². The van der Waals surface area contributed by atoms with Crippen molar-refractivity contribution in [1.29, 1.82) is 0 Å². The standard InChI is InChI=1S/C14H25NO/c1-10(2)13(14(16)12-7-4-8-12)15-9-11-5-3-6-11/h10-13,15H,3-9H2,1-2H3. The Morgan fingerprint density at radius 1 is 1.19 bits per heavy atom. The van der Waals surface area contributed by atoms with Crippen LogP contribution in [0.15, 0.2) is 0 Å². The van der Waals surface area contributed by atoms with Crippen LogP contribution in [-0.4, -0.2) is 18.4 Å². The quantitative estimate of drug-likeness (QED) is 0.750. The summed E-state index contributed by atoms with van der Waals surface area (Å²) in [6.45, 7) is 5.38. The highest BCUT2D eigenvalue weighted by Crippen LogP contribution is 2.30. The number of carbonyl (C=O) groups excluding carboxylic acids is 1. The molecule has 1 atom stereocenters. The molecule has 0 aromatic heterocycles. The van der Waals surface area contributed by atoms with Crippen molar-refractivity contribution in [1.82, 2.24) is 5.32 Å². The van der Waals surface area contributed by atoms with E-state index in [1.54, 1.807) is 0 Å². The fourth-order valence-electron chi connectivity index (χ4n) is 2.60. The first-order chi connectivity index (χ1) is 7.68. The normalized spacial score (nSPS) is 23.9. The molecule has 2 aliphatic carbocycles. The van der Waals surface area contributed by atoms with Crippen LogP contribution in [0.2, 0.25) is 0 Å². The Balaban J connectivity index is 1.80. The monoisotopic (exact) mass is 223 g/mol. The van der Waals surface area contributed by atoms with Gasteiger partial charge in [0.05, 0.1) is 6.04 Å². The lowest BCUT2D eigenvalue weighted by Crippen LogP contribution is -2.47. The maximum Gasteiger partial charge on any atom is 0.153 e. The van der Waals surface area contributed by atoms with E-state index in [1.165, 1.54) is 25.7 Å². The predicted octanol–water partition coefficient (Wildman–Crippen LogP) is 2.77. The van der Waals surface area contributed by atoms with E-state index in [2.05, 4.69) is 19.2 Å². The van der Waals surface area contributed by atoms with Crippen LogP contribution >= 0.6 is 0 Å². The van der Waals surface area contributed by atoms with Gasteiger partial charge < -0.3 is 5.32 Å². The fraction of sp³-hybridized carbons (Fsp3) is 0.929. The van der Waals surface area contributed by atoms with Gasteiger partial charge in [-0.05, 0) is 44.1 Å². The van der Waals surface area contributed by atoms with Gasteiger partial charge in [0.25, 0.3) is 0 Å². The highest BCUT2D eigenvalue weighted by molar-refractivity contribution is 5.87. The molecule has 0 spiro atoms. The zero-order valence-corrected chi connectivity index (χ0v) is 10.7. The van der Waals surface area contributed by atoms with Crippen LogP contribution < -0.4 is 5.32 Å². The molecule has 0 heterocycles. The van der Waals surface area contributed by atoms with Crippen molar-refractivity contribution in [3.8, 4) is 0 Å². The van der Waals surface area contributed by atoms with E-state index in [1.807, 2.05) is 0 Å². The molecular weight excluding hydrogens is 198 g/mol. The average Bonchev–Trinajstić information content (AvgIpc) is 2.05. The lowest BCUT2D eigenvalue weighted by molar-refractivity contribution is -0.128. The highest BCUT2D eigenvalue weighted by Gasteiger charge is 2.33. The third kappa shape index (κ3) is 2.65. The number of carbonyl (C=O) groups is 1. The first kappa shape index (κ1) is 12.1. The van der Waals surface area contributed by atoms with Gasteiger partial charge in [0.2, 0.25) is 0 Å². The lowest BCUT2D eigenvalue weighted by Gasteiger charge is -2.33. The van der Waals surface area contributed by atoms with Crippen LogP contribution in [0.25, 0.3) is 0 Å². The van der Waals surface area contributed by atoms with Crippen molar-refractivity contribution < 1.29 is 4.79 Å². The summed E-state index contributed by atoms with van der Waals surface area (Å²) < 4.78 is 0. The predicted molar refractivity (Wildman–Crippen MR) is 66.3 cm³/mol. The summed E-state index contributed by atoms with van der Waals surface area (Å²) in [5, 5.41) is 3.52. The Bertz CT molecular complexity index is 241. The third-order valence-electron chi connectivity index (χ3n) is 4.33. The van der Waals surface area contributed by atoms with Crippen LogP contribution in [0.1, 0.15) is 52.4 Å². The van der Waals surface area contributed by atoms with E-state index >= 15 is 0 Å². The molecule has 2 rings (SSSR count). The van der Waals surface area contributed by atoms with E-state index in [4.69, 9.17) is 0 Å². The molecule has 16 heavy (non-hydrogen) atoms. The number of hydrogen-bond donors (Lipinski definition) is 1. The van der Waals surface area contributed by atoms with Crippen LogP contribution in [0, 0.1) is 17.8 Å². The molecule has 2 heteroatoms. The van der Waals surface area contributed by atoms with Gasteiger partial charge in [-0.3, -0.25) is 4.79 Å². The second-order valence-electron chi connectivity index (χ2n) is 5.96. The van der Waals surface area contributed by atoms with E-state index < -0.39 is 0 Å². The molecule has 2 nitrogen and oxygen atoms in total. The SMILES string of the molecule is CC(C)C(NCC1CCC1)C(=O)C1CCC1. The van der Waals surface area contributed by atoms with Crippen LogP contribution in [-0.2, 0) is 4.79 Å². The number of Topliss-reactive ketones (excluding diaryl/α,β-unsaturated/α-hetero) is 1. The number of nitrogens with one attached hydrogen (secondary N) is 1. The Morgan fingerprint density at radius 2 is 1.81 bits per heavy atom. The highest BCUT2D eigenvalue weighted by atomic mass is 16.1. The summed E-state index contributed by atoms with van der Waals surface area (Å²) in [6, 6.07) is 0.117. The second kappa shape index (κ2) is 5.31. The summed E-state index contributed by atoms with van der Waals surface area (Å²) in [6.07, 6.45) is 7.62. The van der Waals surface area contributed by atoms with Crippen LogP contribution in [0.5, 0.6) is 0 Å². The summed E-state index contributed by atoms with van der Waals surface area (Å²) in [5.41, 5.74) is 0. The van der Waals surface area contributed by atoms with Crippen molar-refractivity contribution >= 4 is 5.78 Å². The van der Waals surface area contributed by atoms with E-state index in [0.717, 1.165) is 25.3 Å². The second-order valence-corrected chi connectivity index (χ2v) is 5.96. The van der Waals surface area contributed by atoms with Crippen molar-refractivity contribution in [2.45, 2.75) is 58.4 Å². The van der Waals surface area contributed by atoms with Gasteiger partial charge >= 0.3 is 0 Å². The molecule has 0 aromatic carbocycles.